The molecule has 0 fully saturated rings. The van der Waals surface area contributed by atoms with Crippen LogP contribution in [0, 0.1) is 0 Å². The third-order valence-electron chi connectivity index (χ3n) is 4.77. The van der Waals surface area contributed by atoms with E-state index in [-0.39, 0.29) is 5.91 Å². The van der Waals surface area contributed by atoms with Crippen LogP contribution in [0.2, 0.25) is 5.02 Å². The highest BCUT2D eigenvalue weighted by atomic mass is 35.5. The lowest BCUT2D eigenvalue weighted by molar-refractivity contribution is -0.141. The molecule has 3 heterocycles. The third kappa shape index (κ3) is 3.57. The molecule has 0 bridgehead atoms. The van der Waals surface area contributed by atoms with Crippen LogP contribution in [0.25, 0.3) is 5.65 Å². The minimum atomic E-state index is -1.03. The average molecular weight is 398 g/mol. The summed E-state index contributed by atoms with van der Waals surface area (Å²) in [5.41, 5.74) is 1.26. The molecular weight excluding hydrogens is 378 g/mol. The highest BCUT2D eigenvalue weighted by Gasteiger charge is 2.42. The van der Waals surface area contributed by atoms with Gasteiger partial charge in [0.05, 0.1) is 5.71 Å². The summed E-state index contributed by atoms with van der Waals surface area (Å²) >= 11 is 6.22. The van der Waals surface area contributed by atoms with Crippen molar-refractivity contribution in [2.45, 2.75) is 31.8 Å². The van der Waals surface area contributed by atoms with Gasteiger partial charge in [0.25, 0.3) is 5.91 Å². The number of hydrogen-bond donors (Lipinski definition) is 1. The maximum Gasteiger partial charge on any atom is 0.267 e. The SMILES string of the molecule is CC1(C(=O)NCCCc2nnc3ccccn23)CC(c2ccccc2Cl)=NO1. The zero-order chi connectivity index (χ0) is 19.6. The minimum Gasteiger partial charge on any atom is -0.379 e. The number of hydrogen-bond acceptors (Lipinski definition) is 5. The molecule has 0 radical (unpaired) electrons. The number of aryl methyl sites for hydroxylation is 1. The van der Waals surface area contributed by atoms with Gasteiger partial charge in [0.15, 0.2) is 5.65 Å². The van der Waals surface area contributed by atoms with Gasteiger partial charge in [0, 0.05) is 36.2 Å². The summed E-state index contributed by atoms with van der Waals surface area (Å²) in [6.07, 6.45) is 3.77. The van der Waals surface area contributed by atoms with Crippen molar-refractivity contribution in [3.8, 4) is 0 Å². The van der Waals surface area contributed by atoms with Crippen LogP contribution in [0.15, 0.2) is 53.8 Å². The Bertz CT molecular complexity index is 1050. The van der Waals surface area contributed by atoms with Crippen LogP contribution in [0.4, 0.5) is 0 Å². The molecule has 0 saturated heterocycles. The molecule has 0 spiro atoms. The smallest absolute Gasteiger partial charge is 0.267 e. The molecule has 4 rings (SSSR count). The summed E-state index contributed by atoms with van der Waals surface area (Å²) in [6.45, 7) is 2.25. The Morgan fingerprint density at radius 2 is 2.07 bits per heavy atom. The van der Waals surface area contributed by atoms with Gasteiger partial charge in [0.1, 0.15) is 5.82 Å². The maximum atomic E-state index is 12.6. The molecule has 1 atom stereocenters. The molecular formula is C20H20ClN5O2. The van der Waals surface area contributed by atoms with Crippen LogP contribution in [-0.4, -0.2) is 38.4 Å². The average Bonchev–Trinajstić information content (AvgIpc) is 3.30. The quantitative estimate of drug-likeness (QED) is 0.648. The summed E-state index contributed by atoms with van der Waals surface area (Å²) in [5.74, 6) is 0.682. The Labute approximate surface area is 167 Å². The first-order valence-corrected chi connectivity index (χ1v) is 9.51. The van der Waals surface area contributed by atoms with Crippen molar-refractivity contribution < 1.29 is 9.63 Å². The van der Waals surface area contributed by atoms with E-state index >= 15 is 0 Å². The predicted molar refractivity (Wildman–Crippen MR) is 106 cm³/mol. The second kappa shape index (κ2) is 7.59. The lowest BCUT2D eigenvalue weighted by atomic mass is 9.95. The van der Waals surface area contributed by atoms with Gasteiger partial charge in [-0.2, -0.15) is 0 Å². The van der Waals surface area contributed by atoms with E-state index in [1.54, 1.807) is 13.0 Å². The van der Waals surface area contributed by atoms with Crippen LogP contribution in [0.5, 0.6) is 0 Å². The summed E-state index contributed by atoms with van der Waals surface area (Å²) in [6, 6.07) is 13.2. The van der Waals surface area contributed by atoms with Crippen molar-refractivity contribution in [2.75, 3.05) is 6.54 Å². The molecule has 0 saturated carbocycles. The maximum absolute atomic E-state index is 12.6. The highest BCUT2D eigenvalue weighted by molar-refractivity contribution is 6.34. The van der Waals surface area contributed by atoms with Gasteiger partial charge in [-0.05, 0) is 31.5 Å². The van der Waals surface area contributed by atoms with E-state index in [1.165, 1.54) is 0 Å². The molecule has 1 unspecified atom stereocenters. The van der Waals surface area contributed by atoms with Crippen molar-refractivity contribution in [1.29, 1.82) is 0 Å². The van der Waals surface area contributed by atoms with Gasteiger partial charge >= 0.3 is 0 Å². The lowest BCUT2D eigenvalue weighted by Crippen LogP contribution is -2.45. The molecule has 28 heavy (non-hydrogen) atoms. The third-order valence-corrected chi connectivity index (χ3v) is 5.10. The highest BCUT2D eigenvalue weighted by Crippen LogP contribution is 2.29. The first kappa shape index (κ1) is 18.4. The van der Waals surface area contributed by atoms with Gasteiger partial charge in [-0.3, -0.25) is 9.20 Å². The normalized spacial score (nSPS) is 18.7. The number of oxime groups is 1. The monoisotopic (exact) mass is 397 g/mol. The molecule has 1 amide bonds. The summed E-state index contributed by atoms with van der Waals surface area (Å²) in [5, 5.41) is 16.0. The molecule has 3 aromatic rings. The largest absolute Gasteiger partial charge is 0.379 e. The number of rotatable bonds is 6. The van der Waals surface area contributed by atoms with Crippen LogP contribution >= 0.6 is 11.6 Å². The fraction of sp³-hybridized carbons (Fsp3) is 0.300. The number of benzene rings is 1. The van der Waals surface area contributed by atoms with Crippen LogP contribution in [-0.2, 0) is 16.1 Å². The molecule has 1 aliphatic rings. The van der Waals surface area contributed by atoms with Gasteiger partial charge in [-0.1, -0.05) is 41.0 Å². The van der Waals surface area contributed by atoms with Crippen molar-refractivity contribution >= 4 is 28.9 Å². The molecule has 1 aliphatic heterocycles. The topological polar surface area (TPSA) is 80.9 Å². The number of aromatic nitrogens is 3. The second-order valence-electron chi connectivity index (χ2n) is 6.92. The number of amides is 1. The van der Waals surface area contributed by atoms with Gasteiger partial charge in [-0.25, -0.2) is 0 Å². The van der Waals surface area contributed by atoms with Crippen LogP contribution in [0.3, 0.4) is 0 Å². The second-order valence-corrected chi connectivity index (χ2v) is 7.33. The molecule has 144 valence electrons. The van der Waals surface area contributed by atoms with Crippen molar-refractivity contribution in [3.05, 3.63) is 65.1 Å². The zero-order valence-electron chi connectivity index (χ0n) is 15.4. The van der Waals surface area contributed by atoms with Crippen molar-refractivity contribution in [3.63, 3.8) is 0 Å². The number of halogens is 1. The van der Waals surface area contributed by atoms with E-state index in [0.717, 1.165) is 23.5 Å². The van der Waals surface area contributed by atoms with Crippen LogP contribution < -0.4 is 5.32 Å². The number of carbonyl (C=O) groups is 1. The number of carbonyl (C=O) groups excluding carboxylic acids is 1. The van der Waals surface area contributed by atoms with E-state index in [9.17, 15) is 4.79 Å². The van der Waals surface area contributed by atoms with Gasteiger partial charge in [-0.15, -0.1) is 10.2 Å². The van der Waals surface area contributed by atoms with Crippen molar-refractivity contribution in [1.82, 2.24) is 19.9 Å². The molecule has 8 heteroatoms. The molecule has 0 aliphatic carbocycles. The van der Waals surface area contributed by atoms with E-state index in [1.807, 2.05) is 47.0 Å². The summed E-state index contributed by atoms with van der Waals surface area (Å²) < 4.78 is 1.95. The van der Waals surface area contributed by atoms with E-state index in [0.29, 0.717) is 30.1 Å². The summed E-state index contributed by atoms with van der Waals surface area (Å²) in [7, 11) is 0. The summed E-state index contributed by atoms with van der Waals surface area (Å²) in [4.78, 5) is 18.1. The van der Waals surface area contributed by atoms with Gasteiger partial charge < -0.3 is 10.2 Å². The number of fused-ring (bicyclic) bond motifs is 1. The van der Waals surface area contributed by atoms with Gasteiger partial charge in [0.2, 0.25) is 5.60 Å². The Balaban J connectivity index is 1.30. The fourth-order valence-electron chi connectivity index (χ4n) is 3.20. The Kier molecular flexibility index (Phi) is 5.00. The minimum absolute atomic E-state index is 0.190. The predicted octanol–water partition coefficient (Wildman–Crippen LogP) is 3.01. The van der Waals surface area contributed by atoms with Crippen molar-refractivity contribution in [2.24, 2.45) is 5.16 Å². The molecule has 7 nitrogen and oxygen atoms in total. The first-order valence-electron chi connectivity index (χ1n) is 9.14. The van der Waals surface area contributed by atoms with E-state index in [4.69, 9.17) is 16.4 Å². The van der Waals surface area contributed by atoms with Crippen LogP contribution in [0.1, 0.15) is 31.2 Å². The standard InChI is InChI=1S/C20H20ClN5O2/c1-20(13-16(25-28-20)14-7-2-3-8-15(14)21)19(27)22-11-6-10-18-24-23-17-9-4-5-12-26(17)18/h2-5,7-9,12H,6,10-11,13H2,1H3,(H,22,27). The zero-order valence-corrected chi connectivity index (χ0v) is 16.2. The Morgan fingerprint density at radius 1 is 1.25 bits per heavy atom. The van der Waals surface area contributed by atoms with E-state index in [2.05, 4.69) is 20.7 Å². The Hall–Kier alpha value is -2.93. The molecule has 1 aromatic carbocycles. The number of nitrogens with one attached hydrogen (secondary N) is 1. The lowest BCUT2D eigenvalue weighted by Gasteiger charge is -2.20. The molecule has 2 aromatic heterocycles. The van der Waals surface area contributed by atoms with E-state index < -0.39 is 5.60 Å². The number of nitrogens with zero attached hydrogens (tertiary/aromatic N) is 4. The molecule has 1 N–H and O–H groups in total. The number of pyridine rings is 1. The fourth-order valence-corrected chi connectivity index (χ4v) is 3.44. The Morgan fingerprint density at radius 3 is 2.93 bits per heavy atom. The first-order chi connectivity index (χ1) is 13.6.